The highest BCUT2D eigenvalue weighted by Crippen LogP contribution is 2.22. The molecule has 1 saturated heterocycles. The van der Waals surface area contributed by atoms with Crippen LogP contribution < -0.4 is 9.47 Å². The second-order valence-electron chi connectivity index (χ2n) is 8.50. The summed E-state index contributed by atoms with van der Waals surface area (Å²) in [6, 6.07) is 14.1. The molecule has 2 heterocycles. The number of nitrogens with zero attached hydrogens (tertiary/aromatic N) is 3. The number of benzene rings is 2. The van der Waals surface area contributed by atoms with E-state index in [0.717, 1.165) is 30.2 Å². The molecular weight excluding hydrogens is 466 g/mol. The topological polar surface area (TPSA) is 93.9 Å². The predicted octanol–water partition coefficient (Wildman–Crippen LogP) is 4.74. The van der Waals surface area contributed by atoms with Gasteiger partial charge in [-0.15, -0.1) is 0 Å². The Balaban J connectivity index is 1.16. The van der Waals surface area contributed by atoms with E-state index >= 15 is 0 Å². The Kier molecular flexibility index (Phi) is 8.31. The van der Waals surface area contributed by atoms with Gasteiger partial charge >= 0.3 is 12.1 Å². The second-order valence-corrected chi connectivity index (χ2v) is 9.56. The van der Waals surface area contributed by atoms with E-state index in [4.69, 9.17) is 14.6 Å². The van der Waals surface area contributed by atoms with Crippen molar-refractivity contribution in [3.63, 3.8) is 0 Å². The Morgan fingerprint density at radius 3 is 2.37 bits per heavy atom. The number of likely N-dealkylation sites (tertiary alicyclic amines) is 1. The van der Waals surface area contributed by atoms with Crippen LogP contribution in [0.3, 0.4) is 0 Å². The van der Waals surface area contributed by atoms with Crippen LogP contribution >= 0.6 is 11.8 Å². The molecule has 1 aromatic heterocycles. The number of rotatable bonds is 9. The van der Waals surface area contributed by atoms with Crippen molar-refractivity contribution in [2.75, 3.05) is 25.4 Å². The highest BCUT2D eigenvalue weighted by Gasteiger charge is 2.24. The fourth-order valence-electron chi connectivity index (χ4n) is 3.83. The van der Waals surface area contributed by atoms with Crippen molar-refractivity contribution in [1.29, 1.82) is 0 Å². The lowest BCUT2D eigenvalue weighted by atomic mass is 9.98. The molecule has 35 heavy (non-hydrogen) atoms. The first kappa shape index (κ1) is 24.7. The number of carbonyl (C=O) groups is 2. The molecule has 8 nitrogen and oxygen atoms in total. The Hall–Kier alpha value is -3.46. The third-order valence-electron chi connectivity index (χ3n) is 5.99. The van der Waals surface area contributed by atoms with Crippen molar-refractivity contribution in [1.82, 2.24) is 14.5 Å². The summed E-state index contributed by atoms with van der Waals surface area (Å²) in [5.41, 5.74) is 1.42. The third kappa shape index (κ3) is 7.02. The molecule has 184 valence electrons. The molecule has 1 aliphatic rings. The summed E-state index contributed by atoms with van der Waals surface area (Å²) < 4.78 is 13.4. The Morgan fingerprint density at radius 1 is 1.06 bits per heavy atom. The molecule has 0 radical (unpaired) electrons. The summed E-state index contributed by atoms with van der Waals surface area (Å²) in [5, 5.41) is 9.97. The number of amides is 1. The maximum atomic E-state index is 12.6. The lowest BCUT2D eigenvalue weighted by molar-refractivity contribution is 0.0696. The summed E-state index contributed by atoms with van der Waals surface area (Å²) in [6.07, 6.45) is 5.97. The lowest BCUT2D eigenvalue weighted by Crippen LogP contribution is -2.41. The Bertz CT molecular complexity index is 1120. The van der Waals surface area contributed by atoms with Crippen LogP contribution in [0, 0.1) is 5.92 Å². The first-order valence-corrected chi connectivity index (χ1v) is 12.6. The number of imidazole rings is 1. The Labute approximate surface area is 208 Å². The van der Waals surface area contributed by atoms with E-state index < -0.39 is 5.97 Å². The highest BCUT2D eigenvalue weighted by atomic mass is 32.2. The molecule has 2 aromatic carbocycles. The van der Waals surface area contributed by atoms with Crippen molar-refractivity contribution >= 4 is 23.8 Å². The van der Waals surface area contributed by atoms with Gasteiger partial charge in [-0.25, -0.2) is 14.6 Å². The third-order valence-corrected chi connectivity index (χ3v) is 7.05. The average molecular weight is 496 g/mol. The van der Waals surface area contributed by atoms with Crippen molar-refractivity contribution in [2.45, 2.75) is 24.4 Å². The molecule has 0 saturated carbocycles. The average Bonchev–Trinajstić information content (AvgIpc) is 3.29. The minimum absolute atomic E-state index is 0.235. The lowest BCUT2D eigenvalue weighted by Gasteiger charge is -2.31. The molecule has 0 spiro atoms. The molecule has 1 N–H and O–H groups in total. The van der Waals surface area contributed by atoms with Crippen molar-refractivity contribution in [2.24, 2.45) is 13.0 Å². The van der Waals surface area contributed by atoms with E-state index in [2.05, 4.69) is 4.98 Å². The maximum absolute atomic E-state index is 12.6. The molecule has 0 unspecified atom stereocenters. The summed E-state index contributed by atoms with van der Waals surface area (Å²) in [7, 11) is 1.99. The fraction of sp³-hybridized carbons (Fsp3) is 0.346. The Morgan fingerprint density at radius 2 is 1.74 bits per heavy atom. The number of thioether (sulfide) groups is 1. The van der Waals surface area contributed by atoms with E-state index in [-0.39, 0.29) is 11.7 Å². The summed E-state index contributed by atoms with van der Waals surface area (Å²) in [5.74, 6) is 1.50. The van der Waals surface area contributed by atoms with Gasteiger partial charge in [0.15, 0.2) is 5.16 Å². The molecule has 9 heteroatoms. The molecule has 0 bridgehead atoms. The number of hydrogen-bond acceptors (Lipinski definition) is 6. The number of aryl methyl sites for hydroxylation is 2. The summed E-state index contributed by atoms with van der Waals surface area (Å²) in [6.45, 7) is 1.77. The van der Waals surface area contributed by atoms with Crippen LogP contribution in [0.5, 0.6) is 11.5 Å². The van der Waals surface area contributed by atoms with Crippen LogP contribution in [-0.2, 0) is 13.5 Å². The zero-order valence-electron chi connectivity index (χ0n) is 19.6. The van der Waals surface area contributed by atoms with Crippen LogP contribution in [0.2, 0.25) is 0 Å². The number of ether oxygens (including phenoxy) is 2. The van der Waals surface area contributed by atoms with Crippen LogP contribution in [-0.4, -0.2) is 57.1 Å². The normalized spacial score (nSPS) is 14.0. The highest BCUT2D eigenvalue weighted by molar-refractivity contribution is 7.99. The largest absolute Gasteiger partial charge is 0.493 e. The van der Waals surface area contributed by atoms with Gasteiger partial charge in [-0.05, 0) is 67.1 Å². The fourth-order valence-corrected chi connectivity index (χ4v) is 4.75. The molecule has 0 atom stereocenters. The molecule has 0 aliphatic carbocycles. The molecule has 1 aliphatic heterocycles. The van der Waals surface area contributed by atoms with Crippen molar-refractivity contribution in [3.8, 4) is 11.5 Å². The van der Waals surface area contributed by atoms with Crippen LogP contribution in [0.25, 0.3) is 0 Å². The van der Waals surface area contributed by atoms with E-state index in [1.807, 2.05) is 42.1 Å². The number of carbonyl (C=O) groups excluding carboxylic acids is 1. The molecule has 1 fully saturated rings. The monoisotopic (exact) mass is 495 g/mol. The van der Waals surface area contributed by atoms with Gasteiger partial charge in [0.1, 0.15) is 11.5 Å². The molecule has 3 aromatic rings. The molecule has 4 rings (SSSR count). The number of hydrogen-bond donors (Lipinski definition) is 1. The zero-order chi connectivity index (χ0) is 24.6. The minimum Gasteiger partial charge on any atom is -0.493 e. The number of carboxylic acids is 1. The van der Waals surface area contributed by atoms with Gasteiger partial charge in [0.2, 0.25) is 0 Å². The van der Waals surface area contributed by atoms with Crippen molar-refractivity contribution < 1.29 is 24.2 Å². The smallest absolute Gasteiger partial charge is 0.415 e. The van der Waals surface area contributed by atoms with Gasteiger partial charge in [0.25, 0.3) is 0 Å². The quantitative estimate of drug-likeness (QED) is 0.429. The second kappa shape index (κ2) is 11.8. The van der Waals surface area contributed by atoms with Gasteiger partial charge in [0.05, 0.1) is 12.2 Å². The molecular formula is C26H29N3O5S. The standard InChI is InChI=1S/C26H29N3O5S/c1-28-16-13-27-25(28)35-17-12-19-2-6-23(7-3-19)34-26(32)29-14-10-20(11-15-29)18-33-22-8-4-21(5-9-22)24(30)31/h2-9,13,16,20H,10-12,14-15,17-18H2,1H3,(H,30,31). The summed E-state index contributed by atoms with van der Waals surface area (Å²) in [4.78, 5) is 29.5. The van der Waals surface area contributed by atoms with E-state index in [0.29, 0.717) is 37.1 Å². The van der Waals surface area contributed by atoms with Crippen LogP contribution in [0.4, 0.5) is 4.79 Å². The van der Waals surface area contributed by atoms with E-state index in [1.54, 1.807) is 35.0 Å². The van der Waals surface area contributed by atoms with Gasteiger partial charge in [-0.1, -0.05) is 23.9 Å². The predicted molar refractivity (Wildman–Crippen MR) is 133 cm³/mol. The molecule has 1 amide bonds. The van der Waals surface area contributed by atoms with E-state index in [9.17, 15) is 9.59 Å². The number of aromatic carboxylic acids is 1. The number of piperidine rings is 1. The number of aromatic nitrogens is 2. The van der Waals surface area contributed by atoms with Crippen LogP contribution in [0.15, 0.2) is 66.1 Å². The minimum atomic E-state index is -0.956. The van der Waals surface area contributed by atoms with Gasteiger partial charge in [-0.3, -0.25) is 0 Å². The van der Waals surface area contributed by atoms with Gasteiger partial charge in [0, 0.05) is 38.3 Å². The van der Waals surface area contributed by atoms with Crippen LogP contribution in [0.1, 0.15) is 28.8 Å². The van der Waals surface area contributed by atoms with Gasteiger partial charge in [-0.2, -0.15) is 0 Å². The van der Waals surface area contributed by atoms with Crippen molar-refractivity contribution in [3.05, 3.63) is 72.1 Å². The maximum Gasteiger partial charge on any atom is 0.415 e. The SMILES string of the molecule is Cn1ccnc1SCCc1ccc(OC(=O)N2CCC(COc3ccc(C(=O)O)cc3)CC2)cc1. The number of carboxylic acid groups (broad SMARTS) is 1. The summed E-state index contributed by atoms with van der Waals surface area (Å²) >= 11 is 1.72. The van der Waals surface area contributed by atoms with E-state index in [1.165, 1.54) is 17.7 Å². The van der Waals surface area contributed by atoms with Gasteiger partial charge < -0.3 is 24.0 Å². The first-order valence-electron chi connectivity index (χ1n) is 11.6. The first-order chi connectivity index (χ1) is 17.0. The zero-order valence-corrected chi connectivity index (χ0v) is 20.4.